The Kier molecular flexibility index (Phi) is 3.36. The minimum Gasteiger partial charge on any atom is -0.481 e. The molecule has 0 spiro atoms. The highest BCUT2D eigenvalue weighted by Crippen LogP contribution is 2.45. The van der Waals surface area contributed by atoms with Gasteiger partial charge in [-0.05, 0) is 25.7 Å². The standard InChI is InChI=1S/C11H15F3N2O3/c12-11(13,14)10(8(17)18)4-5-16(6-10)9(19)15-7-2-1-3-7/h7H,1-6H2,(H,15,19)(H,17,18). The summed E-state index contributed by atoms with van der Waals surface area (Å²) in [6, 6.07) is -0.588. The molecule has 8 heteroatoms. The van der Waals surface area contributed by atoms with Crippen LogP contribution < -0.4 is 5.32 Å². The number of hydrogen-bond donors (Lipinski definition) is 2. The summed E-state index contributed by atoms with van der Waals surface area (Å²) in [6.45, 7) is -1.01. The Balaban J connectivity index is 2.04. The van der Waals surface area contributed by atoms with Crippen LogP contribution in [-0.4, -0.2) is 47.3 Å². The zero-order chi connectivity index (χ0) is 14.3. The Morgan fingerprint density at radius 1 is 1.32 bits per heavy atom. The van der Waals surface area contributed by atoms with Crippen molar-refractivity contribution in [3.8, 4) is 0 Å². The summed E-state index contributed by atoms with van der Waals surface area (Å²) in [4.78, 5) is 23.6. The predicted octanol–water partition coefficient (Wildman–Crippen LogP) is 1.59. The highest BCUT2D eigenvalue weighted by Gasteiger charge is 2.64. The van der Waals surface area contributed by atoms with Crippen LogP contribution in [0, 0.1) is 5.41 Å². The molecule has 2 N–H and O–H groups in total. The average Bonchev–Trinajstić information content (AvgIpc) is 2.68. The summed E-state index contributed by atoms with van der Waals surface area (Å²) in [5, 5.41) is 11.5. The molecular formula is C11H15F3N2O3. The molecule has 2 rings (SSSR count). The van der Waals surface area contributed by atoms with E-state index < -0.39 is 36.6 Å². The van der Waals surface area contributed by atoms with Crippen molar-refractivity contribution in [1.82, 2.24) is 10.2 Å². The van der Waals surface area contributed by atoms with Crippen molar-refractivity contribution in [2.45, 2.75) is 37.9 Å². The van der Waals surface area contributed by atoms with Crippen LogP contribution in [0.4, 0.5) is 18.0 Å². The number of hydrogen-bond acceptors (Lipinski definition) is 2. The molecule has 1 saturated carbocycles. The first-order chi connectivity index (χ1) is 8.76. The second-order valence-corrected chi connectivity index (χ2v) is 5.13. The number of aliphatic carboxylic acids is 1. The lowest BCUT2D eigenvalue weighted by atomic mass is 9.86. The molecule has 2 amide bonds. The van der Waals surface area contributed by atoms with Crippen LogP contribution in [-0.2, 0) is 4.79 Å². The first-order valence-corrected chi connectivity index (χ1v) is 6.12. The van der Waals surface area contributed by atoms with E-state index in [2.05, 4.69) is 5.32 Å². The molecule has 0 aromatic rings. The maximum Gasteiger partial charge on any atom is 0.406 e. The summed E-state index contributed by atoms with van der Waals surface area (Å²) >= 11 is 0. The number of halogens is 3. The first-order valence-electron chi connectivity index (χ1n) is 6.12. The van der Waals surface area contributed by atoms with Crippen LogP contribution in [0.15, 0.2) is 0 Å². The highest BCUT2D eigenvalue weighted by atomic mass is 19.4. The van der Waals surface area contributed by atoms with E-state index in [4.69, 9.17) is 5.11 Å². The van der Waals surface area contributed by atoms with Crippen LogP contribution in [0.5, 0.6) is 0 Å². The van der Waals surface area contributed by atoms with Gasteiger partial charge in [-0.1, -0.05) is 0 Å². The van der Waals surface area contributed by atoms with E-state index in [1.165, 1.54) is 0 Å². The van der Waals surface area contributed by atoms with E-state index in [0.29, 0.717) is 0 Å². The van der Waals surface area contributed by atoms with Crippen molar-refractivity contribution in [2.75, 3.05) is 13.1 Å². The molecule has 1 saturated heterocycles. The number of likely N-dealkylation sites (tertiary alicyclic amines) is 1. The molecule has 2 fully saturated rings. The normalized spacial score (nSPS) is 28.1. The lowest BCUT2D eigenvalue weighted by Crippen LogP contribution is -2.51. The number of carboxylic acids is 1. The minimum absolute atomic E-state index is 0.0122. The molecule has 0 bridgehead atoms. The van der Waals surface area contributed by atoms with Crippen LogP contribution in [0.3, 0.4) is 0 Å². The molecule has 1 aliphatic carbocycles. The van der Waals surface area contributed by atoms with E-state index >= 15 is 0 Å². The van der Waals surface area contributed by atoms with Gasteiger partial charge >= 0.3 is 18.2 Å². The van der Waals surface area contributed by atoms with Crippen molar-refractivity contribution >= 4 is 12.0 Å². The maximum absolute atomic E-state index is 12.9. The van der Waals surface area contributed by atoms with Gasteiger partial charge in [0.15, 0.2) is 5.41 Å². The van der Waals surface area contributed by atoms with Crippen LogP contribution in [0.2, 0.25) is 0 Å². The van der Waals surface area contributed by atoms with E-state index in [9.17, 15) is 22.8 Å². The maximum atomic E-state index is 12.9. The molecule has 0 aromatic heterocycles. The number of carbonyl (C=O) groups is 2. The quantitative estimate of drug-likeness (QED) is 0.807. The summed E-state index contributed by atoms with van der Waals surface area (Å²) in [7, 11) is 0. The van der Waals surface area contributed by atoms with Crippen molar-refractivity contribution in [1.29, 1.82) is 0 Å². The number of carboxylic acid groups (broad SMARTS) is 1. The van der Waals surface area contributed by atoms with Gasteiger partial charge in [0, 0.05) is 19.1 Å². The Bertz CT molecular complexity index is 395. The van der Waals surface area contributed by atoms with E-state index in [-0.39, 0.29) is 12.6 Å². The van der Waals surface area contributed by atoms with Crippen molar-refractivity contribution in [3.63, 3.8) is 0 Å². The third kappa shape index (κ3) is 2.35. The number of urea groups is 1. The summed E-state index contributed by atoms with van der Waals surface area (Å²) in [6.07, 6.45) is -2.81. The van der Waals surface area contributed by atoms with E-state index in [1.807, 2.05) is 0 Å². The fourth-order valence-corrected chi connectivity index (χ4v) is 2.33. The van der Waals surface area contributed by atoms with E-state index in [0.717, 1.165) is 24.2 Å². The fourth-order valence-electron chi connectivity index (χ4n) is 2.33. The Labute approximate surface area is 107 Å². The second kappa shape index (κ2) is 4.57. The molecule has 1 unspecified atom stereocenters. The van der Waals surface area contributed by atoms with Gasteiger partial charge in [-0.25, -0.2) is 4.79 Å². The lowest BCUT2D eigenvalue weighted by Gasteiger charge is -2.30. The van der Waals surface area contributed by atoms with Gasteiger partial charge in [0.25, 0.3) is 0 Å². The van der Waals surface area contributed by atoms with E-state index in [1.54, 1.807) is 0 Å². The van der Waals surface area contributed by atoms with Crippen LogP contribution in [0.25, 0.3) is 0 Å². The monoisotopic (exact) mass is 280 g/mol. The van der Waals surface area contributed by atoms with Gasteiger partial charge in [0.05, 0.1) is 0 Å². The Morgan fingerprint density at radius 2 is 1.95 bits per heavy atom. The predicted molar refractivity (Wildman–Crippen MR) is 58.5 cm³/mol. The highest BCUT2D eigenvalue weighted by molar-refractivity contribution is 5.80. The Morgan fingerprint density at radius 3 is 2.32 bits per heavy atom. The van der Waals surface area contributed by atoms with Gasteiger partial charge < -0.3 is 15.3 Å². The van der Waals surface area contributed by atoms with Crippen LogP contribution >= 0.6 is 0 Å². The number of nitrogens with zero attached hydrogens (tertiary/aromatic N) is 1. The van der Waals surface area contributed by atoms with Gasteiger partial charge in [-0.2, -0.15) is 13.2 Å². The number of amides is 2. The van der Waals surface area contributed by atoms with Gasteiger partial charge in [0.1, 0.15) is 0 Å². The molecule has 0 aromatic carbocycles. The van der Waals surface area contributed by atoms with Gasteiger partial charge in [0.2, 0.25) is 0 Å². The number of carbonyl (C=O) groups excluding carboxylic acids is 1. The molecule has 0 radical (unpaired) electrons. The number of rotatable bonds is 2. The molecular weight excluding hydrogens is 265 g/mol. The number of alkyl halides is 3. The zero-order valence-corrected chi connectivity index (χ0v) is 10.2. The molecule has 19 heavy (non-hydrogen) atoms. The summed E-state index contributed by atoms with van der Waals surface area (Å²) in [5.41, 5.74) is -2.83. The molecule has 1 atom stereocenters. The largest absolute Gasteiger partial charge is 0.481 e. The van der Waals surface area contributed by atoms with Crippen molar-refractivity contribution in [2.24, 2.45) is 5.41 Å². The second-order valence-electron chi connectivity index (χ2n) is 5.13. The number of nitrogens with one attached hydrogen (secondary N) is 1. The summed E-state index contributed by atoms with van der Waals surface area (Å²) < 4.78 is 38.7. The molecule has 1 heterocycles. The molecule has 1 aliphatic heterocycles. The van der Waals surface area contributed by atoms with Crippen molar-refractivity contribution in [3.05, 3.63) is 0 Å². The fraction of sp³-hybridized carbons (Fsp3) is 0.818. The van der Waals surface area contributed by atoms with Gasteiger partial charge in [-0.3, -0.25) is 4.79 Å². The Hall–Kier alpha value is -1.47. The average molecular weight is 280 g/mol. The SMILES string of the molecule is O=C(NC1CCC1)N1CCC(C(=O)O)(C(F)(F)F)C1. The smallest absolute Gasteiger partial charge is 0.406 e. The zero-order valence-electron chi connectivity index (χ0n) is 10.2. The first kappa shape index (κ1) is 14.0. The van der Waals surface area contributed by atoms with Crippen molar-refractivity contribution < 1.29 is 27.9 Å². The molecule has 5 nitrogen and oxygen atoms in total. The lowest BCUT2D eigenvalue weighted by molar-refractivity contribution is -0.226. The van der Waals surface area contributed by atoms with Crippen LogP contribution in [0.1, 0.15) is 25.7 Å². The summed E-state index contributed by atoms with van der Waals surface area (Å²) in [5.74, 6) is -1.92. The molecule has 2 aliphatic rings. The topological polar surface area (TPSA) is 69.6 Å². The van der Waals surface area contributed by atoms with Gasteiger partial charge in [-0.15, -0.1) is 0 Å². The molecule has 108 valence electrons. The minimum atomic E-state index is -4.86. The third-order valence-electron chi connectivity index (χ3n) is 3.94. The third-order valence-corrected chi connectivity index (χ3v) is 3.94.